The summed E-state index contributed by atoms with van der Waals surface area (Å²) in [6.07, 6.45) is 2.75. The average molecular weight is 283 g/mol. The minimum atomic E-state index is -0.304. The molecule has 1 aliphatic rings. The van der Waals surface area contributed by atoms with Crippen molar-refractivity contribution in [1.29, 1.82) is 0 Å². The Labute approximate surface area is 122 Å². The third-order valence-corrected chi connectivity index (χ3v) is 3.86. The van der Waals surface area contributed by atoms with Gasteiger partial charge < -0.3 is 15.5 Å². The van der Waals surface area contributed by atoms with Crippen molar-refractivity contribution in [2.24, 2.45) is 11.3 Å². The van der Waals surface area contributed by atoms with Crippen molar-refractivity contribution < 1.29 is 9.59 Å². The largest absolute Gasteiger partial charge is 0.354 e. The summed E-state index contributed by atoms with van der Waals surface area (Å²) in [6.45, 7) is 8.63. The predicted molar refractivity (Wildman–Crippen MR) is 80.3 cm³/mol. The number of nitrogens with zero attached hydrogens (tertiary/aromatic N) is 1. The highest BCUT2D eigenvalue weighted by molar-refractivity contribution is 5.88. The first-order valence-corrected chi connectivity index (χ1v) is 7.64. The normalized spacial score (nSPS) is 22.1. The third-order valence-electron chi connectivity index (χ3n) is 3.86. The predicted octanol–water partition coefficient (Wildman–Crippen LogP) is 0.997. The van der Waals surface area contributed by atoms with E-state index >= 15 is 0 Å². The van der Waals surface area contributed by atoms with Crippen LogP contribution >= 0.6 is 0 Å². The van der Waals surface area contributed by atoms with Gasteiger partial charge >= 0.3 is 0 Å². The van der Waals surface area contributed by atoms with E-state index in [0.29, 0.717) is 12.5 Å². The molecule has 0 aromatic heterocycles. The number of carbonyl (C=O) groups is 2. The maximum absolute atomic E-state index is 12.6. The zero-order valence-corrected chi connectivity index (χ0v) is 13.3. The lowest BCUT2D eigenvalue weighted by Gasteiger charge is -2.31. The Morgan fingerprint density at radius 2 is 2.10 bits per heavy atom. The van der Waals surface area contributed by atoms with Crippen LogP contribution in [0.4, 0.5) is 0 Å². The van der Waals surface area contributed by atoms with Gasteiger partial charge in [0.15, 0.2) is 0 Å². The fourth-order valence-electron chi connectivity index (χ4n) is 2.79. The molecule has 116 valence electrons. The van der Waals surface area contributed by atoms with Crippen LogP contribution in [0.15, 0.2) is 0 Å². The van der Waals surface area contributed by atoms with Crippen molar-refractivity contribution in [2.45, 2.75) is 40.0 Å². The van der Waals surface area contributed by atoms with Crippen LogP contribution in [0.3, 0.4) is 0 Å². The lowest BCUT2D eigenvalue weighted by Crippen LogP contribution is -2.47. The summed E-state index contributed by atoms with van der Waals surface area (Å²) in [5, 5.41) is 6.13. The molecule has 2 amide bonds. The van der Waals surface area contributed by atoms with Crippen molar-refractivity contribution in [3.05, 3.63) is 0 Å². The number of carbonyl (C=O) groups excluding carboxylic acids is 2. The number of hydrogen-bond acceptors (Lipinski definition) is 3. The van der Waals surface area contributed by atoms with Gasteiger partial charge in [0.25, 0.3) is 0 Å². The van der Waals surface area contributed by atoms with Crippen LogP contribution in [-0.2, 0) is 9.59 Å². The van der Waals surface area contributed by atoms with Gasteiger partial charge in [0.1, 0.15) is 0 Å². The van der Waals surface area contributed by atoms with Gasteiger partial charge in [-0.3, -0.25) is 9.59 Å². The Bertz CT molecular complexity index is 336. The Balaban J connectivity index is 2.54. The van der Waals surface area contributed by atoms with Gasteiger partial charge in [-0.15, -0.1) is 0 Å². The molecule has 0 saturated carbocycles. The summed E-state index contributed by atoms with van der Waals surface area (Å²) >= 11 is 0. The summed E-state index contributed by atoms with van der Waals surface area (Å²) in [4.78, 5) is 26.0. The molecule has 5 nitrogen and oxygen atoms in total. The molecule has 0 spiro atoms. The van der Waals surface area contributed by atoms with E-state index in [1.165, 1.54) is 0 Å². The molecular formula is C15H29N3O2. The average Bonchev–Trinajstić information content (AvgIpc) is 2.85. The number of rotatable bonds is 7. The number of hydrogen-bond donors (Lipinski definition) is 2. The molecule has 1 fully saturated rings. The van der Waals surface area contributed by atoms with E-state index in [9.17, 15) is 9.59 Å². The molecule has 0 aromatic carbocycles. The van der Waals surface area contributed by atoms with Gasteiger partial charge in [0.2, 0.25) is 11.8 Å². The Kier molecular flexibility index (Phi) is 6.46. The molecule has 5 heteroatoms. The van der Waals surface area contributed by atoms with E-state index in [0.717, 1.165) is 32.4 Å². The van der Waals surface area contributed by atoms with E-state index in [1.807, 2.05) is 0 Å². The van der Waals surface area contributed by atoms with E-state index in [4.69, 9.17) is 0 Å². The molecule has 0 radical (unpaired) electrons. The molecule has 1 unspecified atom stereocenters. The van der Waals surface area contributed by atoms with Crippen molar-refractivity contribution in [3.63, 3.8) is 0 Å². The van der Waals surface area contributed by atoms with Crippen molar-refractivity contribution >= 4 is 11.8 Å². The molecule has 1 heterocycles. The third kappa shape index (κ3) is 4.47. The monoisotopic (exact) mass is 283 g/mol. The SMILES string of the molecule is CCCC1(C(=O)N(C)CC(=O)NCC(C)C)CCNC1. The van der Waals surface area contributed by atoms with Crippen molar-refractivity contribution in [3.8, 4) is 0 Å². The Hall–Kier alpha value is -1.10. The van der Waals surface area contributed by atoms with Crippen LogP contribution < -0.4 is 10.6 Å². The zero-order chi connectivity index (χ0) is 15.2. The highest BCUT2D eigenvalue weighted by Crippen LogP contribution is 2.32. The van der Waals surface area contributed by atoms with Gasteiger partial charge in [-0.05, 0) is 25.3 Å². The molecular weight excluding hydrogens is 254 g/mol. The van der Waals surface area contributed by atoms with Crippen LogP contribution in [0, 0.1) is 11.3 Å². The second kappa shape index (κ2) is 7.62. The van der Waals surface area contributed by atoms with Gasteiger partial charge in [-0.1, -0.05) is 27.2 Å². The second-order valence-corrected chi connectivity index (χ2v) is 6.32. The quantitative estimate of drug-likeness (QED) is 0.732. The van der Waals surface area contributed by atoms with Gasteiger partial charge in [-0.25, -0.2) is 0 Å². The fraction of sp³-hybridized carbons (Fsp3) is 0.867. The second-order valence-electron chi connectivity index (χ2n) is 6.32. The molecule has 0 aliphatic carbocycles. The minimum absolute atomic E-state index is 0.0767. The molecule has 0 bridgehead atoms. The Morgan fingerprint density at radius 3 is 2.60 bits per heavy atom. The van der Waals surface area contributed by atoms with Gasteiger partial charge in [0, 0.05) is 20.1 Å². The maximum Gasteiger partial charge on any atom is 0.239 e. The van der Waals surface area contributed by atoms with E-state index in [-0.39, 0.29) is 23.8 Å². The maximum atomic E-state index is 12.6. The number of likely N-dealkylation sites (N-methyl/N-ethyl adjacent to an activating group) is 1. The highest BCUT2D eigenvalue weighted by Gasteiger charge is 2.42. The molecule has 0 aromatic rings. The number of nitrogens with one attached hydrogen (secondary N) is 2. The van der Waals surface area contributed by atoms with Crippen molar-refractivity contribution in [1.82, 2.24) is 15.5 Å². The van der Waals surface area contributed by atoms with E-state index < -0.39 is 0 Å². The van der Waals surface area contributed by atoms with E-state index in [2.05, 4.69) is 31.4 Å². The Morgan fingerprint density at radius 1 is 1.40 bits per heavy atom. The first kappa shape index (κ1) is 17.0. The van der Waals surface area contributed by atoms with Gasteiger partial charge in [0.05, 0.1) is 12.0 Å². The smallest absolute Gasteiger partial charge is 0.239 e. The van der Waals surface area contributed by atoms with Crippen LogP contribution in [0.5, 0.6) is 0 Å². The van der Waals surface area contributed by atoms with E-state index in [1.54, 1.807) is 11.9 Å². The fourth-order valence-corrected chi connectivity index (χ4v) is 2.79. The van der Waals surface area contributed by atoms with Crippen molar-refractivity contribution in [2.75, 3.05) is 33.2 Å². The summed E-state index contributed by atoms with van der Waals surface area (Å²) in [5.41, 5.74) is -0.304. The lowest BCUT2D eigenvalue weighted by molar-refractivity contribution is -0.143. The summed E-state index contributed by atoms with van der Waals surface area (Å²) in [7, 11) is 1.73. The number of amides is 2. The summed E-state index contributed by atoms with van der Waals surface area (Å²) in [5.74, 6) is 0.446. The first-order valence-electron chi connectivity index (χ1n) is 7.64. The van der Waals surface area contributed by atoms with Crippen LogP contribution in [0.25, 0.3) is 0 Å². The molecule has 1 saturated heterocycles. The topological polar surface area (TPSA) is 61.4 Å². The van der Waals surface area contributed by atoms with Crippen LogP contribution in [0.1, 0.15) is 40.0 Å². The summed E-state index contributed by atoms with van der Waals surface area (Å²) in [6, 6.07) is 0. The first-order chi connectivity index (χ1) is 9.41. The minimum Gasteiger partial charge on any atom is -0.354 e. The zero-order valence-electron chi connectivity index (χ0n) is 13.3. The lowest BCUT2D eigenvalue weighted by atomic mass is 9.81. The molecule has 1 aliphatic heterocycles. The van der Waals surface area contributed by atoms with Crippen LogP contribution in [-0.4, -0.2) is 49.9 Å². The highest BCUT2D eigenvalue weighted by atomic mass is 16.2. The molecule has 2 N–H and O–H groups in total. The molecule has 1 atom stereocenters. The molecule has 20 heavy (non-hydrogen) atoms. The summed E-state index contributed by atoms with van der Waals surface area (Å²) < 4.78 is 0. The van der Waals surface area contributed by atoms with Crippen LogP contribution in [0.2, 0.25) is 0 Å². The van der Waals surface area contributed by atoms with Gasteiger partial charge in [-0.2, -0.15) is 0 Å². The standard InChI is InChI=1S/C15H29N3O2/c1-5-6-15(7-8-16-11-15)14(20)18(4)10-13(19)17-9-12(2)3/h12,16H,5-11H2,1-4H3,(H,17,19). The molecule has 1 rings (SSSR count).